The first-order chi connectivity index (χ1) is 13.6. The van der Waals surface area contributed by atoms with Crippen LogP contribution in [0, 0.1) is 57.2 Å². The average molecular weight is 397 g/mol. The third-order valence-corrected chi connectivity index (χ3v) is 11.7. The second-order valence-corrected chi connectivity index (χ2v) is 12.7. The Kier molecular flexibility index (Phi) is 4.38. The van der Waals surface area contributed by atoms with Crippen LogP contribution in [-0.2, 0) is 0 Å². The molecule has 0 aromatic rings. The van der Waals surface area contributed by atoms with Gasteiger partial charge in [-0.05, 0) is 91.3 Å². The molecule has 1 N–H and O–H groups in total. The highest BCUT2D eigenvalue weighted by atomic mass is 16.3. The zero-order chi connectivity index (χ0) is 20.8. The molecule has 0 unspecified atom stereocenters. The average Bonchev–Trinajstić information content (AvgIpc) is 3.02. The maximum absolute atomic E-state index is 10.6. The molecule has 5 rings (SSSR count). The number of allylic oxidation sites excluding steroid dienone is 4. The van der Waals surface area contributed by atoms with Gasteiger partial charge < -0.3 is 5.11 Å². The number of rotatable bonds is 4. The van der Waals surface area contributed by atoms with Gasteiger partial charge >= 0.3 is 0 Å². The van der Waals surface area contributed by atoms with E-state index >= 15 is 0 Å². The van der Waals surface area contributed by atoms with E-state index in [0.29, 0.717) is 33.5 Å². The monoisotopic (exact) mass is 396 g/mol. The van der Waals surface area contributed by atoms with Crippen LogP contribution < -0.4 is 0 Å². The van der Waals surface area contributed by atoms with E-state index in [1.165, 1.54) is 32.1 Å². The minimum Gasteiger partial charge on any atom is -0.393 e. The molecule has 4 saturated carbocycles. The van der Waals surface area contributed by atoms with Crippen molar-refractivity contribution in [3.8, 4) is 0 Å². The molecule has 29 heavy (non-hydrogen) atoms. The second-order valence-electron chi connectivity index (χ2n) is 12.7. The minimum absolute atomic E-state index is 0.0735. The normalized spacial score (nSPS) is 54.8. The molecule has 5 aliphatic rings. The van der Waals surface area contributed by atoms with Gasteiger partial charge in [0.05, 0.1) is 6.10 Å². The molecule has 1 heteroatoms. The molecule has 2 spiro atoms. The van der Waals surface area contributed by atoms with Gasteiger partial charge in [-0.25, -0.2) is 0 Å². The Labute approximate surface area is 179 Å². The summed E-state index contributed by atoms with van der Waals surface area (Å²) in [6, 6.07) is 0. The van der Waals surface area contributed by atoms with Crippen LogP contribution in [0.5, 0.6) is 0 Å². The van der Waals surface area contributed by atoms with Gasteiger partial charge in [0.2, 0.25) is 0 Å². The summed E-state index contributed by atoms with van der Waals surface area (Å²) in [6.07, 6.45) is 19.2. The Morgan fingerprint density at radius 3 is 2.31 bits per heavy atom. The number of aliphatic hydroxyl groups is 1. The van der Waals surface area contributed by atoms with Crippen LogP contribution in [0.15, 0.2) is 24.3 Å². The Morgan fingerprint density at radius 1 is 0.897 bits per heavy atom. The lowest BCUT2D eigenvalue weighted by molar-refractivity contribution is -0.327. The summed E-state index contributed by atoms with van der Waals surface area (Å²) >= 11 is 0. The summed E-state index contributed by atoms with van der Waals surface area (Å²) in [6.45, 7) is 14.8. The first kappa shape index (κ1) is 20.3. The van der Waals surface area contributed by atoms with Crippen molar-refractivity contribution >= 4 is 0 Å². The van der Waals surface area contributed by atoms with Crippen molar-refractivity contribution in [2.24, 2.45) is 57.2 Å². The highest BCUT2D eigenvalue weighted by Gasteiger charge is 2.84. The summed E-state index contributed by atoms with van der Waals surface area (Å²) in [5.74, 6) is 4.61. The van der Waals surface area contributed by atoms with Gasteiger partial charge in [0, 0.05) is 10.8 Å². The Balaban J connectivity index is 1.43. The standard InChI is InChI=1S/C28H44O/c1-18(2)19(3)7-8-20(4)22-9-10-23-25(22,5)13-12-24-26(6)14-11-21(29)17-27(26)15-16-28(23,24)27/h7-8,15-16,18-24,29H,9-14,17H2,1-6H3/b8-7+/t19-,20+,21-,22+,23+,24+,25+,26-,27-,28+/m0/s1. The lowest BCUT2D eigenvalue weighted by atomic mass is 9.19. The SMILES string of the molecule is CC(C)[C@@H](C)/C=C/[C@@H](C)[C@H]1CC[C@@H]2[C@]1(C)CC[C@H]1[C@@]23C=C[C@@]32C[C@@H](O)CC[C@@]12C. The molecule has 0 aliphatic heterocycles. The zero-order valence-corrected chi connectivity index (χ0v) is 19.7. The predicted molar refractivity (Wildman–Crippen MR) is 121 cm³/mol. The molecule has 0 aromatic heterocycles. The molecular formula is C28H44O. The van der Waals surface area contributed by atoms with Gasteiger partial charge in [-0.15, -0.1) is 0 Å². The molecule has 0 radical (unpaired) electrons. The number of hydrogen-bond acceptors (Lipinski definition) is 1. The van der Waals surface area contributed by atoms with Gasteiger partial charge in [0.25, 0.3) is 0 Å². The lowest BCUT2D eigenvalue weighted by Gasteiger charge is -2.85. The van der Waals surface area contributed by atoms with Crippen molar-refractivity contribution in [1.82, 2.24) is 0 Å². The molecule has 10 atom stereocenters. The third kappa shape index (κ3) is 2.22. The van der Waals surface area contributed by atoms with Gasteiger partial charge in [-0.2, -0.15) is 0 Å². The van der Waals surface area contributed by atoms with Gasteiger partial charge in [-0.3, -0.25) is 0 Å². The van der Waals surface area contributed by atoms with Crippen LogP contribution in [0.3, 0.4) is 0 Å². The first-order valence-corrected chi connectivity index (χ1v) is 12.7. The van der Waals surface area contributed by atoms with E-state index in [1.54, 1.807) is 0 Å². The summed E-state index contributed by atoms with van der Waals surface area (Å²) in [4.78, 5) is 0. The van der Waals surface area contributed by atoms with Crippen LogP contribution in [0.1, 0.15) is 86.5 Å². The van der Waals surface area contributed by atoms with Crippen LogP contribution in [0.25, 0.3) is 0 Å². The fourth-order valence-corrected chi connectivity index (χ4v) is 9.83. The largest absolute Gasteiger partial charge is 0.393 e. The third-order valence-electron chi connectivity index (χ3n) is 11.7. The van der Waals surface area contributed by atoms with E-state index in [9.17, 15) is 5.11 Å². The van der Waals surface area contributed by atoms with Crippen LogP contribution in [0.4, 0.5) is 0 Å². The molecule has 0 heterocycles. The number of aliphatic hydroxyl groups excluding tert-OH is 1. The van der Waals surface area contributed by atoms with Crippen molar-refractivity contribution in [3.05, 3.63) is 24.3 Å². The molecule has 1 nitrogen and oxygen atoms in total. The maximum atomic E-state index is 10.6. The topological polar surface area (TPSA) is 20.2 Å². The van der Waals surface area contributed by atoms with Crippen molar-refractivity contribution in [2.75, 3.05) is 0 Å². The lowest BCUT2D eigenvalue weighted by Crippen LogP contribution is -2.80. The molecule has 0 saturated heterocycles. The zero-order valence-electron chi connectivity index (χ0n) is 19.7. The summed E-state index contributed by atoms with van der Waals surface area (Å²) in [7, 11) is 0. The number of fused-ring (bicyclic) bond motifs is 2. The van der Waals surface area contributed by atoms with Gasteiger partial charge in [0.15, 0.2) is 0 Å². The van der Waals surface area contributed by atoms with Gasteiger partial charge in [0.1, 0.15) is 0 Å². The van der Waals surface area contributed by atoms with Crippen molar-refractivity contribution in [1.29, 1.82) is 0 Å². The molecular weight excluding hydrogens is 352 g/mol. The van der Waals surface area contributed by atoms with E-state index in [0.717, 1.165) is 36.5 Å². The smallest absolute Gasteiger partial charge is 0.0549 e. The van der Waals surface area contributed by atoms with Crippen molar-refractivity contribution in [3.63, 3.8) is 0 Å². The van der Waals surface area contributed by atoms with E-state index < -0.39 is 0 Å². The van der Waals surface area contributed by atoms with E-state index in [1.807, 2.05) is 0 Å². The van der Waals surface area contributed by atoms with Crippen molar-refractivity contribution < 1.29 is 5.11 Å². The van der Waals surface area contributed by atoms with Crippen LogP contribution >= 0.6 is 0 Å². The van der Waals surface area contributed by atoms with E-state index in [4.69, 9.17) is 0 Å². The highest BCUT2D eigenvalue weighted by Crippen LogP contribution is 2.89. The van der Waals surface area contributed by atoms with E-state index in [-0.39, 0.29) is 6.10 Å². The fourth-order valence-electron chi connectivity index (χ4n) is 9.83. The molecule has 0 bridgehead atoms. The Morgan fingerprint density at radius 2 is 1.66 bits per heavy atom. The summed E-state index contributed by atoms with van der Waals surface area (Å²) < 4.78 is 0. The summed E-state index contributed by atoms with van der Waals surface area (Å²) in [5, 5.41) is 10.6. The summed E-state index contributed by atoms with van der Waals surface area (Å²) in [5.41, 5.74) is 1.66. The fraction of sp³-hybridized carbons (Fsp3) is 0.857. The molecule has 5 aliphatic carbocycles. The number of hydrogen-bond donors (Lipinski definition) is 1. The first-order valence-electron chi connectivity index (χ1n) is 12.7. The Bertz CT molecular complexity index is 735. The molecule has 0 amide bonds. The maximum Gasteiger partial charge on any atom is 0.0549 e. The second kappa shape index (κ2) is 6.24. The molecule has 162 valence electrons. The highest BCUT2D eigenvalue weighted by molar-refractivity contribution is 5.45. The minimum atomic E-state index is -0.0735. The Hall–Kier alpha value is -0.560. The van der Waals surface area contributed by atoms with Crippen molar-refractivity contribution in [2.45, 2.75) is 92.6 Å². The quantitative estimate of drug-likeness (QED) is 0.506. The predicted octanol–water partition coefficient (Wildman–Crippen LogP) is 7.02. The van der Waals surface area contributed by atoms with E-state index in [2.05, 4.69) is 65.8 Å². The molecule has 0 aromatic carbocycles. The van der Waals surface area contributed by atoms with Crippen LogP contribution in [-0.4, -0.2) is 11.2 Å². The molecule has 4 fully saturated rings. The van der Waals surface area contributed by atoms with Crippen LogP contribution in [0.2, 0.25) is 0 Å². The van der Waals surface area contributed by atoms with Gasteiger partial charge in [-0.1, -0.05) is 65.8 Å².